The number of ether oxygens (including phenoxy) is 2. The second kappa shape index (κ2) is 9.18. The number of piperidine rings is 1. The highest BCUT2D eigenvalue weighted by Gasteiger charge is 2.31. The zero-order valence-electron chi connectivity index (χ0n) is 18.0. The van der Waals surface area contributed by atoms with Crippen LogP contribution < -0.4 is 9.47 Å². The van der Waals surface area contributed by atoms with Crippen LogP contribution in [0.1, 0.15) is 45.5 Å². The highest BCUT2D eigenvalue weighted by atomic mass is 19.1. The molecule has 1 atom stereocenters. The van der Waals surface area contributed by atoms with Gasteiger partial charge in [-0.3, -0.25) is 9.59 Å². The largest absolute Gasteiger partial charge is 0.493 e. The molecule has 31 heavy (non-hydrogen) atoms. The first kappa shape index (κ1) is 21.5. The zero-order valence-corrected chi connectivity index (χ0v) is 18.0. The summed E-state index contributed by atoms with van der Waals surface area (Å²) in [6.45, 7) is 2.51. The SMILES string of the molecule is COc1cc2c(cc1OC)C(=O)C[C@@H](CN1CCC(C(=O)c3ccc(F)cc3)CC1)C2. The summed E-state index contributed by atoms with van der Waals surface area (Å²) < 4.78 is 23.8. The van der Waals surface area contributed by atoms with E-state index in [1.54, 1.807) is 32.4 Å². The van der Waals surface area contributed by atoms with Gasteiger partial charge < -0.3 is 14.4 Å². The topological polar surface area (TPSA) is 55.8 Å². The Bertz CT molecular complexity index is 964. The van der Waals surface area contributed by atoms with E-state index in [0.29, 0.717) is 23.5 Å². The van der Waals surface area contributed by atoms with Crippen LogP contribution in [-0.4, -0.2) is 50.3 Å². The summed E-state index contributed by atoms with van der Waals surface area (Å²) in [4.78, 5) is 27.8. The summed E-state index contributed by atoms with van der Waals surface area (Å²) in [6, 6.07) is 9.53. The zero-order chi connectivity index (χ0) is 22.0. The standard InChI is InChI=1S/C25H28FNO4/c1-30-23-13-19-11-16(12-22(28)21(19)14-24(23)31-2)15-27-9-7-18(8-10-27)25(29)17-3-5-20(26)6-4-17/h3-6,13-14,16,18H,7-12,15H2,1-2H3/t16-/m0/s1. The van der Waals surface area contributed by atoms with Gasteiger partial charge in [0.2, 0.25) is 0 Å². The quantitative estimate of drug-likeness (QED) is 0.650. The number of fused-ring (bicyclic) bond motifs is 1. The second-order valence-corrected chi connectivity index (χ2v) is 8.51. The minimum Gasteiger partial charge on any atom is -0.493 e. The van der Waals surface area contributed by atoms with Crippen molar-refractivity contribution >= 4 is 11.6 Å². The summed E-state index contributed by atoms with van der Waals surface area (Å²) in [5.41, 5.74) is 2.33. The van der Waals surface area contributed by atoms with E-state index in [-0.39, 0.29) is 29.2 Å². The highest BCUT2D eigenvalue weighted by molar-refractivity contribution is 5.99. The van der Waals surface area contributed by atoms with E-state index in [1.165, 1.54) is 12.1 Å². The monoisotopic (exact) mass is 425 g/mol. The van der Waals surface area contributed by atoms with E-state index in [0.717, 1.165) is 50.0 Å². The van der Waals surface area contributed by atoms with Crippen LogP contribution in [0.2, 0.25) is 0 Å². The van der Waals surface area contributed by atoms with Crippen LogP contribution in [0.15, 0.2) is 36.4 Å². The fourth-order valence-electron chi connectivity index (χ4n) is 4.83. The predicted molar refractivity (Wildman–Crippen MR) is 116 cm³/mol. The molecule has 0 amide bonds. The van der Waals surface area contributed by atoms with Gasteiger partial charge in [0.15, 0.2) is 23.1 Å². The molecule has 164 valence electrons. The summed E-state index contributed by atoms with van der Waals surface area (Å²) in [7, 11) is 3.18. The summed E-state index contributed by atoms with van der Waals surface area (Å²) in [5.74, 6) is 1.38. The van der Waals surface area contributed by atoms with Crippen molar-refractivity contribution in [2.75, 3.05) is 33.9 Å². The molecule has 0 spiro atoms. The molecule has 0 unspecified atom stereocenters. The van der Waals surface area contributed by atoms with E-state index in [1.807, 2.05) is 6.07 Å². The van der Waals surface area contributed by atoms with Crippen LogP contribution in [0.5, 0.6) is 11.5 Å². The minimum atomic E-state index is -0.328. The molecule has 1 saturated heterocycles. The van der Waals surface area contributed by atoms with Gasteiger partial charge in [0.05, 0.1) is 14.2 Å². The van der Waals surface area contributed by atoms with Gasteiger partial charge >= 0.3 is 0 Å². The van der Waals surface area contributed by atoms with E-state index in [2.05, 4.69) is 4.90 Å². The number of likely N-dealkylation sites (tertiary alicyclic amines) is 1. The number of halogens is 1. The molecule has 0 radical (unpaired) electrons. The fraction of sp³-hybridized carbons (Fsp3) is 0.440. The molecule has 1 heterocycles. The Morgan fingerprint density at radius 2 is 1.68 bits per heavy atom. The molecule has 0 aromatic heterocycles. The lowest BCUT2D eigenvalue weighted by atomic mass is 9.81. The number of ketones is 2. The summed E-state index contributed by atoms with van der Waals surface area (Å²) in [6.07, 6.45) is 2.93. The van der Waals surface area contributed by atoms with Gasteiger partial charge in [0, 0.05) is 30.0 Å². The number of carbonyl (C=O) groups excluding carboxylic acids is 2. The first-order valence-corrected chi connectivity index (χ1v) is 10.8. The predicted octanol–water partition coefficient (Wildman–Crippen LogP) is 4.18. The molecule has 4 rings (SSSR count). The smallest absolute Gasteiger partial charge is 0.166 e. The molecular weight excluding hydrogens is 397 g/mol. The van der Waals surface area contributed by atoms with Crippen molar-refractivity contribution in [3.05, 3.63) is 58.9 Å². The number of rotatable bonds is 6. The molecule has 1 aliphatic heterocycles. The third-order valence-electron chi connectivity index (χ3n) is 6.50. The lowest BCUT2D eigenvalue weighted by Crippen LogP contribution is -2.40. The number of benzene rings is 2. The fourth-order valence-corrected chi connectivity index (χ4v) is 4.83. The molecule has 1 fully saturated rings. The van der Waals surface area contributed by atoms with Crippen LogP contribution in [-0.2, 0) is 6.42 Å². The number of Topliss-reactive ketones (excluding diaryl/α,β-unsaturated/α-hetero) is 2. The first-order chi connectivity index (χ1) is 15.0. The number of hydrogen-bond donors (Lipinski definition) is 0. The average Bonchev–Trinajstić information content (AvgIpc) is 2.79. The Kier molecular flexibility index (Phi) is 6.37. The molecule has 2 aromatic rings. The Morgan fingerprint density at radius 1 is 1.03 bits per heavy atom. The van der Waals surface area contributed by atoms with Gasteiger partial charge in [0.25, 0.3) is 0 Å². The van der Waals surface area contributed by atoms with Crippen LogP contribution in [0.3, 0.4) is 0 Å². The first-order valence-electron chi connectivity index (χ1n) is 10.8. The molecule has 0 bridgehead atoms. The maximum Gasteiger partial charge on any atom is 0.166 e. The van der Waals surface area contributed by atoms with Gasteiger partial charge in [-0.25, -0.2) is 4.39 Å². The van der Waals surface area contributed by atoms with Crippen molar-refractivity contribution in [3.63, 3.8) is 0 Å². The van der Waals surface area contributed by atoms with Gasteiger partial charge in [0.1, 0.15) is 5.82 Å². The van der Waals surface area contributed by atoms with Gasteiger partial charge in [-0.05, 0) is 80.2 Å². The maximum absolute atomic E-state index is 13.1. The number of hydrogen-bond acceptors (Lipinski definition) is 5. The molecule has 6 heteroatoms. The number of carbonyl (C=O) groups is 2. The van der Waals surface area contributed by atoms with Crippen molar-refractivity contribution in [2.24, 2.45) is 11.8 Å². The molecular formula is C25H28FNO4. The number of methoxy groups -OCH3 is 2. The van der Waals surface area contributed by atoms with Gasteiger partial charge in [-0.2, -0.15) is 0 Å². The van der Waals surface area contributed by atoms with E-state index < -0.39 is 0 Å². The number of nitrogens with zero attached hydrogens (tertiary/aromatic N) is 1. The van der Waals surface area contributed by atoms with Crippen molar-refractivity contribution < 1.29 is 23.5 Å². The Labute approximate surface area is 182 Å². The molecule has 2 aromatic carbocycles. The van der Waals surface area contributed by atoms with Crippen molar-refractivity contribution in [2.45, 2.75) is 25.7 Å². The lowest BCUT2D eigenvalue weighted by molar-refractivity contribution is 0.0812. The van der Waals surface area contributed by atoms with Crippen LogP contribution >= 0.6 is 0 Å². The molecule has 5 nitrogen and oxygen atoms in total. The maximum atomic E-state index is 13.1. The highest BCUT2D eigenvalue weighted by Crippen LogP contribution is 2.36. The van der Waals surface area contributed by atoms with Crippen molar-refractivity contribution in [3.8, 4) is 11.5 Å². The van der Waals surface area contributed by atoms with E-state index in [4.69, 9.17) is 9.47 Å². The Hall–Kier alpha value is -2.73. The molecule has 1 aliphatic carbocycles. The Morgan fingerprint density at radius 3 is 2.32 bits per heavy atom. The average molecular weight is 426 g/mol. The third kappa shape index (κ3) is 4.64. The van der Waals surface area contributed by atoms with E-state index >= 15 is 0 Å². The summed E-state index contributed by atoms with van der Waals surface area (Å²) >= 11 is 0. The van der Waals surface area contributed by atoms with Crippen LogP contribution in [0.4, 0.5) is 4.39 Å². The minimum absolute atomic E-state index is 0.0212. The van der Waals surface area contributed by atoms with Crippen molar-refractivity contribution in [1.82, 2.24) is 4.90 Å². The molecule has 0 N–H and O–H groups in total. The molecule has 2 aliphatic rings. The lowest BCUT2D eigenvalue weighted by Gasteiger charge is -2.35. The molecule has 0 saturated carbocycles. The van der Waals surface area contributed by atoms with Crippen LogP contribution in [0, 0.1) is 17.7 Å². The summed E-state index contributed by atoms with van der Waals surface area (Å²) in [5, 5.41) is 0. The van der Waals surface area contributed by atoms with Gasteiger partial charge in [-0.1, -0.05) is 0 Å². The Balaban J connectivity index is 1.35. The normalized spacial score (nSPS) is 19.7. The van der Waals surface area contributed by atoms with Crippen LogP contribution in [0.25, 0.3) is 0 Å². The second-order valence-electron chi connectivity index (χ2n) is 8.51. The van der Waals surface area contributed by atoms with Gasteiger partial charge in [-0.15, -0.1) is 0 Å². The van der Waals surface area contributed by atoms with Crippen molar-refractivity contribution in [1.29, 1.82) is 0 Å². The van der Waals surface area contributed by atoms with E-state index in [9.17, 15) is 14.0 Å². The third-order valence-corrected chi connectivity index (χ3v) is 6.50.